The predicted octanol–water partition coefficient (Wildman–Crippen LogP) is 3.09. The molecule has 0 unspecified atom stereocenters. The molecule has 6 heteroatoms. The summed E-state index contributed by atoms with van der Waals surface area (Å²) >= 11 is 8.98. The van der Waals surface area contributed by atoms with Crippen LogP contribution in [0.15, 0.2) is 35.1 Å². The van der Waals surface area contributed by atoms with Gasteiger partial charge in [0, 0.05) is 17.7 Å². The molecule has 2 rings (SSSR count). The number of rotatable bonds is 2. The highest BCUT2D eigenvalue weighted by atomic mass is 79.9. The van der Waals surface area contributed by atoms with Crippen LogP contribution in [-0.4, -0.2) is 15.5 Å². The lowest BCUT2D eigenvalue weighted by Gasteiger charge is -2.05. The second-order valence-electron chi connectivity index (χ2n) is 3.48. The number of anilines is 1. The first kappa shape index (κ1) is 12.1. The van der Waals surface area contributed by atoms with E-state index in [2.05, 4.69) is 26.2 Å². The molecule has 2 aromatic rings. The molecule has 2 aromatic heterocycles. The van der Waals surface area contributed by atoms with E-state index in [1.807, 2.05) is 6.20 Å². The molecule has 2 heterocycles. The van der Waals surface area contributed by atoms with E-state index in [0.717, 1.165) is 4.47 Å². The SMILES string of the molecule is Cn1cc(Br)cc1C(=O)Nc1ccc(Cl)nc1. The number of pyridine rings is 1. The Morgan fingerprint density at radius 3 is 2.82 bits per heavy atom. The quantitative estimate of drug-likeness (QED) is 0.866. The molecule has 17 heavy (non-hydrogen) atoms. The number of carbonyl (C=O) groups is 1. The summed E-state index contributed by atoms with van der Waals surface area (Å²) in [6, 6.07) is 5.07. The Labute approximate surface area is 112 Å². The normalized spacial score (nSPS) is 10.3. The van der Waals surface area contributed by atoms with Crippen LogP contribution in [0.3, 0.4) is 0 Å². The zero-order valence-electron chi connectivity index (χ0n) is 8.95. The molecule has 0 fully saturated rings. The molecule has 0 aliphatic heterocycles. The van der Waals surface area contributed by atoms with Crippen LogP contribution in [0.1, 0.15) is 10.5 Å². The maximum absolute atomic E-state index is 11.9. The number of amides is 1. The first-order valence-electron chi connectivity index (χ1n) is 4.81. The highest BCUT2D eigenvalue weighted by molar-refractivity contribution is 9.10. The summed E-state index contributed by atoms with van der Waals surface area (Å²) in [6.45, 7) is 0. The molecule has 1 amide bonds. The van der Waals surface area contributed by atoms with Gasteiger partial charge < -0.3 is 9.88 Å². The second-order valence-corrected chi connectivity index (χ2v) is 4.78. The fourth-order valence-corrected chi connectivity index (χ4v) is 2.03. The fraction of sp³-hybridized carbons (Fsp3) is 0.0909. The van der Waals surface area contributed by atoms with Gasteiger partial charge in [-0.2, -0.15) is 0 Å². The second kappa shape index (κ2) is 4.89. The van der Waals surface area contributed by atoms with E-state index in [4.69, 9.17) is 11.6 Å². The summed E-state index contributed by atoms with van der Waals surface area (Å²) in [7, 11) is 1.81. The van der Waals surface area contributed by atoms with Crippen molar-refractivity contribution in [1.82, 2.24) is 9.55 Å². The fourth-order valence-electron chi connectivity index (χ4n) is 1.39. The van der Waals surface area contributed by atoms with Crippen molar-refractivity contribution >= 4 is 39.1 Å². The number of aryl methyl sites for hydroxylation is 1. The molecule has 0 radical (unpaired) electrons. The van der Waals surface area contributed by atoms with Crippen molar-refractivity contribution in [2.75, 3.05) is 5.32 Å². The molecular weight excluding hydrogens is 305 g/mol. The molecular formula is C11H9BrClN3O. The molecule has 0 saturated heterocycles. The van der Waals surface area contributed by atoms with Gasteiger partial charge in [0.05, 0.1) is 11.9 Å². The van der Waals surface area contributed by atoms with E-state index in [-0.39, 0.29) is 5.91 Å². The van der Waals surface area contributed by atoms with Crippen LogP contribution in [0.4, 0.5) is 5.69 Å². The molecule has 0 saturated carbocycles. The molecule has 0 bridgehead atoms. The average molecular weight is 315 g/mol. The molecule has 0 aromatic carbocycles. The van der Waals surface area contributed by atoms with Crippen molar-refractivity contribution in [3.8, 4) is 0 Å². The van der Waals surface area contributed by atoms with Gasteiger partial charge in [-0.15, -0.1) is 0 Å². The molecule has 88 valence electrons. The van der Waals surface area contributed by atoms with Gasteiger partial charge in [0.25, 0.3) is 5.91 Å². The van der Waals surface area contributed by atoms with Crippen molar-refractivity contribution < 1.29 is 4.79 Å². The molecule has 0 atom stereocenters. The average Bonchev–Trinajstić information content (AvgIpc) is 2.61. The van der Waals surface area contributed by atoms with Gasteiger partial charge in [0.2, 0.25) is 0 Å². The van der Waals surface area contributed by atoms with E-state index < -0.39 is 0 Å². The lowest BCUT2D eigenvalue weighted by Crippen LogP contribution is -2.15. The minimum atomic E-state index is -0.192. The minimum Gasteiger partial charge on any atom is -0.345 e. The maximum atomic E-state index is 11.9. The summed E-state index contributed by atoms with van der Waals surface area (Å²) in [6.07, 6.45) is 3.33. The minimum absolute atomic E-state index is 0.192. The Hall–Kier alpha value is -1.33. The summed E-state index contributed by atoms with van der Waals surface area (Å²) in [5.41, 5.74) is 1.17. The number of aromatic nitrogens is 2. The number of hydrogen-bond donors (Lipinski definition) is 1. The van der Waals surface area contributed by atoms with Crippen LogP contribution >= 0.6 is 27.5 Å². The molecule has 0 aliphatic rings. The molecule has 1 N–H and O–H groups in total. The first-order chi connectivity index (χ1) is 8.06. The third-order valence-electron chi connectivity index (χ3n) is 2.19. The Bertz CT molecular complexity index is 550. The van der Waals surface area contributed by atoms with Gasteiger partial charge >= 0.3 is 0 Å². The van der Waals surface area contributed by atoms with Crippen LogP contribution in [0.25, 0.3) is 0 Å². The zero-order valence-corrected chi connectivity index (χ0v) is 11.3. The predicted molar refractivity (Wildman–Crippen MR) is 70.3 cm³/mol. The maximum Gasteiger partial charge on any atom is 0.272 e. The molecule has 0 spiro atoms. The summed E-state index contributed by atoms with van der Waals surface area (Å²) < 4.78 is 2.60. The Kier molecular flexibility index (Phi) is 3.49. The van der Waals surface area contributed by atoms with Crippen LogP contribution in [0, 0.1) is 0 Å². The van der Waals surface area contributed by atoms with Crippen molar-refractivity contribution in [1.29, 1.82) is 0 Å². The molecule has 0 aliphatic carbocycles. The highest BCUT2D eigenvalue weighted by Crippen LogP contribution is 2.16. The number of nitrogens with one attached hydrogen (secondary N) is 1. The van der Waals surface area contributed by atoms with E-state index in [0.29, 0.717) is 16.5 Å². The van der Waals surface area contributed by atoms with Gasteiger partial charge in [0.1, 0.15) is 10.8 Å². The van der Waals surface area contributed by atoms with Gasteiger partial charge in [0.15, 0.2) is 0 Å². The lowest BCUT2D eigenvalue weighted by molar-refractivity contribution is 0.101. The lowest BCUT2D eigenvalue weighted by atomic mass is 10.3. The third-order valence-corrected chi connectivity index (χ3v) is 2.85. The first-order valence-corrected chi connectivity index (χ1v) is 5.98. The molecule has 4 nitrogen and oxygen atoms in total. The van der Waals surface area contributed by atoms with Crippen LogP contribution in [-0.2, 0) is 7.05 Å². The largest absolute Gasteiger partial charge is 0.345 e. The topological polar surface area (TPSA) is 46.9 Å². The van der Waals surface area contributed by atoms with Crippen molar-refractivity contribution in [3.63, 3.8) is 0 Å². The number of halogens is 2. The van der Waals surface area contributed by atoms with E-state index in [1.54, 1.807) is 29.8 Å². The van der Waals surface area contributed by atoms with Crippen LogP contribution in [0.5, 0.6) is 0 Å². The zero-order chi connectivity index (χ0) is 12.4. The van der Waals surface area contributed by atoms with Gasteiger partial charge in [-0.3, -0.25) is 4.79 Å². The summed E-state index contributed by atoms with van der Waals surface area (Å²) in [5, 5.41) is 3.13. The van der Waals surface area contributed by atoms with Crippen molar-refractivity contribution in [2.24, 2.45) is 7.05 Å². The van der Waals surface area contributed by atoms with E-state index in [1.165, 1.54) is 6.20 Å². The highest BCUT2D eigenvalue weighted by Gasteiger charge is 2.11. The van der Waals surface area contributed by atoms with Gasteiger partial charge in [-0.1, -0.05) is 11.6 Å². The van der Waals surface area contributed by atoms with Crippen molar-refractivity contribution in [2.45, 2.75) is 0 Å². The van der Waals surface area contributed by atoms with Crippen molar-refractivity contribution in [3.05, 3.63) is 45.9 Å². The van der Waals surface area contributed by atoms with E-state index >= 15 is 0 Å². The van der Waals surface area contributed by atoms with Gasteiger partial charge in [-0.05, 0) is 34.1 Å². The van der Waals surface area contributed by atoms with E-state index in [9.17, 15) is 4.79 Å². The van der Waals surface area contributed by atoms with Crippen LogP contribution in [0.2, 0.25) is 5.15 Å². The Balaban J connectivity index is 2.17. The summed E-state index contributed by atoms with van der Waals surface area (Å²) in [5.74, 6) is -0.192. The standard InChI is InChI=1S/C11H9BrClN3O/c1-16-6-7(12)4-9(16)11(17)15-8-2-3-10(13)14-5-8/h2-6H,1H3,(H,15,17). The Morgan fingerprint density at radius 2 is 2.29 bits per heavy atom. The number of carbonyl (C=O) groups excluding carboxylic acids is 1. The third kappa shape index (κ3) is 2.87. The number of nitrogens with zero attached hydrogens (tertiary/aromatic N) is 2. The summed E-state index contributed by atoms with van der Waals surface area (Å²) in [4.78, 5) is 15.8. The Morgan fingerprint density at radius 1 is 1.53 bits per heavy atom. The smallest absolute Gasteiger partial charge is 0.272 e. The number of hydrogen-bond acceptors (Lipinski definition) is 2. The van der Waals surface area contributed by atoms with Gasteiger partial charge in [-0.25, -0.2) is 4.98 Å². The monoisotopic (exact) mass is 313 g/mol. The van der Waals surface area contributed by atoms with Crippen LogP contribution < -0.4 is 5.32 Å².